The first-order chi connectivity index (χ1) is 15.0. The summed E-state index contributed by atoms with van der Waals surface area (Å²) in [5.74, 6) is 0.848. The van der Waals surface area contributed by atoms with E-state index in [1.807, 2.05) is 6.92 Å². The van der Waals surface area contributed by atoms with Crippen LogP contribution in [0, 0.1) is 0 Å². The van der Waals surface area contributed by atoms with Gasteiger partial charge < -0.3 is 28.4 Å². The lowest BCUT2D eigenvalue weighted by atomic mass is 10.0. The molecule has 3 rings (SSSR count). The quantitative estimate of drug-likeness (QED) is 0.554. The van der Waals surface area contributed by atoms with Crippen LogP contribution in [-0.2, 0) is 20.7 Å². The van der Waals surface area contributed by atoms with Gasteiger partial charge in [0.15, 0.2) is 11.5 Å². The molecule has 31 heavy (non-hydrogen) atoms. The zero-order valence-electron chi connectivity index (χ0n) is 18.1. The molecule has 166 valence electrons. The van der Waals surface area contributed by atoms with Crippen molar-refractivity contribution in [3.8, 4) is 23.0 Å². The molecule has 1 aliphatic heterocycles. The van der Waals surface area contributed by atoms with Gasteiger partial charge in [-0.05, 0) is 49.2 Å². The summed E-state index contributed by atoms with van der Waals surface area (Å²) in [6, 6.07) is 8.32. The Bertz CT molecular complexity index is 953. The predicted molar refractivity (Wildman–Crippen MR) is 111 cm³/mol. The molecule has 0 aromatic heterocycles. The van der Waals surface area contributed by atoms with E-state index in [1.165, 1.54) is 14.2 Å². The lowest BCUT2D eigenvalue weighted by molar-refractivity contribution is -0.151. The second-order valence-electron chi connectivity index (χ2n) is 6.77. The fraction of sp³-hybridized carbons (Fsp3) is 0.391. The van der Waals surface area contributed by atoms with E-state index in [4.69, 9.17) is 28.4 Å². The summed E-state index contributed by atoms with van der Waals surface area (Å²) in [6.45, 7) is 4.00. The van der Waals surface area contributed by atoms with E-state index < -0.39 is 18.0 Å². The summed E-state index contributed by atoms with van der Waals surface area (Å²) in [4.78, 5) is 24.7. The molecule has 1 atom stereocenters. The van der Waals surface area contributed by atoms with Crippen molar-refractivity contribution in [1.29, 1.82) is 0 Å². The van der Waals surface area contributed by atoms with Crippen molar-refractivity contribution in [3.63, 3.8) is 0 Å². The van der Waals surface area contributed by atoms with E-state index in [2.05, 4.69) is 0 Å². The molecule has 0 spiro atoms. The molecule has 1 heterocycles. The van der Waals surface area contributed by atoms with Crippen molar-refractivity contribution >= 4 is 11.9 Å². The maximum atomic E-state index is 12.8. The number of aryl methyl sites for hydroxylation is 1. The van der Waals surface area contributed by atoms with Crippen LogP contribution in [-0.4, -0.2) is 39.6 Å². The van der Waals surface area contributed by atoms with Gasteiger partial charge in [-0.1, -0.05) is 13.3 Å². The normalized spacial score (nSPS) is 12.8. The van der Waals surface area contributed by atoms with E-state index in [9.17, 15) is 9.59 Å². The zero-order valence-corrected chi connectivity index (χ0v) is 18.1. The van der Waals surface area contributed by atoms with Gasteiger partial charge in [-0.15, -0.1) is 0 Å². The first-order valence-corrected chi connectivity index (χ1v) is 10.0. The van der Waals surface area contributed by atoms with Gasteiger partial charge in [0.1, 0.15) is 5.75 Å². The summed E-state index contributed by atoms with van der Waals surface area (Å²) in [6.07, 6.45) is 0.409. The zero-order chi connectivity index (χ0) is 22.4. The van der Waals surface area contributed by atoms with Crippen LogP contribution >= 0.6 is 0 Å². The Balaban J connectivity index is 2.01. The average molecular weight is 430 g/mol. The van der Waals surface area contributed by atoms with Gasteiger partial charge in [0.25, 0.3) is 0 Å². The van der Waals surface area contributed by atoms with Gasteiger partial charge in [0.2, 0.25) is 18.6 Å². The van der Waals surface area contributed by atoms with Crippen molar-refractivity contribution in [2.45, 2.75) is 32.8 Å². The molecule has 8 nitrogen and oxygen atoms in total. The fourth-order valence-corrected chi connectivity index (χ4v) is 3.30. The number of carbonyl (C=O) groups is 2. The Labute approximate surface area is 181 Å². The Kier molecular flexibility index (Phi) is 7.23. The van der Waals surface area contributed by atoms with Crippen LogP contribution in [0.5, 0.6) is 23.0 Å². The molecular weight excluding hydrogens is 404 g/mol. The van der Waals surface area contributed by atoms with Gasteiger partial charge in [-0.3, -0.25) is 0 Å². The molecule has 0 fully saturated rings. The first-order valence-electron chi connectivity index (χ1n) is 10.0. The van der Waals surface area contributed by atoms with Crippen molar-refractivity contribution in [2.24, 2.45) is 0 Å². The standard InChI is InChI=1S/C23H26O8/c1-5-7-14-10-15(22(24)27-4)8-9-17(14)31-20(23(25)28-6-2)16-11-18(26-3)21-19(12-16)29-13-30-21/h8-12,20H,5-7,13H2,1-4H3. The Hall–Kier alpha value is -3.42. The van der Waals surface area contributed by atoms with Gasteiger partial charge >= 0.3 is 11.9 Å². The highest BCUT2D eigenvalue weighted by atomic mass is 16.7. The fourth-order valence-electron chi connectivity index (χ4n) is 3.30. The van der Waals surface area contributed by atoms with Crippen LogP contribution in [0.4, 0.5) is 0 Å². The number of benzene rings is 2. The Morgan fingerprint density at radius 1 is 1.06 bits per heavy atom. The molecule has 0 N–H and O–H groups in total. The largest absolute Gasteiger partial charge is 0.493 e. The number of rotatable bonds is 9. The van der Waals surface area contributed by atoms with Crippen LogP contribution < -0.4 is 18.9 Å². The summed E-state index contributed by atoms with van der Waals surface area (Å²) in [5, 5.41) is 0. The van der Waals surface area contributed by atoms with Crippen molar-refractivity contribution < 1.29 is 38.0 Å². The maximum Gasteiger partial charge on any atom is 0.352 e. The molecule has 0 saturated carbocycles. The third-order valence-electron chi connectivity index (χ3n) is 4.73. The lowest BCUT2D eigenvalue weighted by Gasteiger charge is -2.21. The number of carbonyl (C=O) groups excluding carboxylic acids is 2. The second-order valence-corrected chi connectivity index (χ2v) is 6.77. The van der Waals surface area contributed by atoms with E-state index in [0.717, 1.165) is 12.0 Å². The Morgan fingerprint density at radius 3 is 2.55 bits per heavy atom. The minimum atomic E-state index is -1.07. The van der Waals surface area contributed by atoms with Crippen LogP contribution in [0.3, 0.4) is 0 Å². The monoisotopic (exact) mass is 430 g/mol. The number of hydrogen-bond donors (Lipinski definition) is 0. The second kappa shape index (κ2) is 10.1. The van der Waals surface area contributed by atoms with Crippen molar-refractivity contribution in [3.05, 3.63) is 47.0 Å². The SMILES string of the molecule is CCCc1cc(C(=O)OC)ccc1OC(C(=O)OCC)c1cc(OC)c2c(c1)OCO2. The van der Waals surface area contributed by atoms with E-state index in [0.29, 0.717) is 40.5 Å². The summed E-state index contributed by atoms with van der Waals surface area (Å²) < 4.78 is 32.5. The molecule has 0 amide bonds. The third-order valence-corrected chi connectivity index (χ3v) is 4.73. The number of methoxy groups -OCH3 is 2. The van der Waals surface area contributed by atoms with Gasteiger partial charge in [-0.2, -0.15) is 0 Å². The summed E-state index contributed by atoms with van der Waals surface area (Å²) in [5.41, 5.74) is 1.70. The van der Waals surface area contributed by atoms with Crippen LogP contribution in [0.15, 0.2) is 30.3 Å². The van der Waals surface area contributed by atoms with Crippen LogP contribution in [0.1, 0.15) is 47.9 Å². The van der Waals surface area contributed by atoms with Crippen LogP contribution in [0.2, 0.25) is 0 Å². The third kappa shape index (κ3) is 4.84. The molecule has 0 radical (unpaired) electrons. The molecule has 0 aliphatic carbocycles. The molecule has 8 heteroatoms. The Morgan fingerprint density at radius 2 is 1.87 bits per heavy atom. The van der Waals surface area contributed by atoms with Crippen LogP contribution in [0.25, 0.3) is 0 Å². The average Bonchev–Trinajstić information content (AvgIpc) is 3.26. The van der Waals surface area contributed by atoms with E-state index in [-0.39, 0.29) is 13.4 Å². The van der Waals surface area contributed by atoms with Crippen molar-refractivity contribution in [1.82, 2.24) is 0 Å². The first kappa shape index (κ1) is 22.3. The smallest absolute Gasteiger partial charge is 0.352 e. The van der Waals surface area contributed by atoms with E-state index in [1.54, 1.807) is 37.3 Å². The molecule has 0 bridgehead atoms. The van der Waals surface area contributed by atoms with Gasteiger partial charge in [0.05, 0.1) is 26.4 Å². The number of ether oxygens (including phenoxy) is 6. The molecule has 1 aliphatic rings. The highest BCUT2D eigenvalue weighted by Crippen LogP contribution is 2.44. The molecule has 0 saturated heterocycles. The number of fused-ring (bicyclic) bond motifs is 1. The minimum absolute atomic E-state index is 0.0652. The van der Waals surface area contributed by atoms with Gasteiger partial charge in [0, 0.05) is 5.56 Å². The maximum absolute atomic E-state index is 12.8. The molecule has 2 aromatic rings. The van der Waals surface area contributed by atoms with Gasteiger partial charge in [-0.25, -0.2) is 9.59 Å². The molecule has 2 aromatic carbocycles. The highest BCUT2D eigenvalue weighted by molar-refractivity contribution is 5.89. The van der Waals surface area contributed by atoms with E-state index >= 15 is 0 Å². The summed E-state index contributed by atoms with van der Waals surface area (Å²) in [7, 11) is 2.84. The predicted octanol–water partition coefficient (Wildman–Crippen LogP) is 3.85. The topological polar surface area (TPSA) is 89.5 Å². The number of hydrogen-bond acceptors (Lipinski definition) is 8. The summed E-state index contributed by atoms with van der Waals surface area (Å²) >= 11 is 0. The molecule has 1 unspecified atom stereocenters. The lowest BCUT2D eigenvalue weighted by Crippen LogP contribution is -2.22. The minimum Gasteiger partial charge on any atom is -0.493 e. The number of esters is 2. The molecular formula is C23H26O8. The van der Waals surface area contributed by atoms with Crippen molar-refractivity contribution in [2.75, 3.05) is 27.6 Å². The highest BCUT2D eigenvalue weighted by Gasteiger charge is 2.30.